The highest BCUT2D eigenvalue weighted by molar-refractivity contribution is 8.00. The van der Waals surface area contributed by atoms with Crippen LogP contribution in [0, 0.1) is 11.6 Å². The first kappa shape index (κ1) is 22.2. The van der Waals surface area contributed by atoms with Crippen LogP contribution < -0.4 is 15.4 Å². The maximum atomic E-state index is 14.2. The van der Waals surface area contributed by atoms with Crippen molar-refractivity contribution in [3.05, 3.63) is 64.8 Å². The zero-order valence-corrected chi connectivity index (χ0v) is 17.5. The van der Waals surface area contributed by atoms with Crippen LogP contribution >= 0.6 is 11.6 Å². The van der Waals surface area contributed by atoms with Crippen LogP contribution in [0.25, 0.3) is 0 Å². The molecular weight excluding hydrogens is 452 g/mol. The molecule has 0 aliphatic rings. The Labute approximate surface area is 181 Å². The number of carboxylic acids is 1. The van der Waals surface area contributed by atoms with Crippen molar-refractivity contribution in [1.82, 2.24) is 9.97 Å². The highest BCUT2D eigenvalue weighted by Gasteiger charge is 2.19. The third-order valence-corrected chi connectivity index (χ3v) is 4.74. The quantitative estimate of drug-likeness (QED) is 0.383. The van der Waals surface area contributed by atoms with E-state index in [1.165, 1.54) is 12.5 Å². The van der Waals surface area contributed by atoms with Gasteiger partial charge in [0.05, 0.1) is 28.8 Å². The second kappa shape index (κ2) is 8.74. The molecule has 31 heavy (non-hydrogen) atoms. The molecule has 4 N–H and O–H groups in total. The first-order chi connectivity index (χ1) is 14.5. The third-order valence-electron chi connectivity index (χ3n) is 3.81. The number of carbonyl (C=O) groups is 1. The summed E-state index contributed by atoms with van der Waals surface area (Å²) >= 11 is 6.14. The Hall–Kier alpha value is -3.44. The Morgan fingerprint density at radius 2 is 1.77 bits per heavy atom. The summed E-state index contributed by atoms with van der Waals surface area (Å²) in [7, 11) is -2.56. The number of hydrogen-bond acceptors (Lipinski definition) is 6. The molecule has 0 saturated heterocycles. The summed E-state index contributed by atoms with van der Waals surface area (Å²) in [6.45, 7) is 0. The van der Waals surface area contributed by atoms with Crippen LogP contribution in [-0.4, -0.2) is 37.4 Å². The summed E-state index contributed by atoms with van der Waals surface area (Å²) in [4.78, 5) is 19.0. The van der Waals surface area contributed by atoms with Crippen LogP contribution in [0.3, 0.4) is 0 Å². The van der Waals surface area contributed by atoms with Crippen molar-refractivity contribution < 1.29 is 22.9 Å². The number of nitrogens with one attached hydrogen (secondary N) is 3. The Morgan fingerprint density at radius 3 is 2.42 bits per heavy atom. The molecule has 12 heteroatoms. The molecular formula is C19H16ClF2N5O3S. The van der Waals surface area contributed by atoms with E-state index in [0.717, 1.165) is 12.1 Å². The lowest BCUT2D eigenvalue weighted by Gasteiger charge is -2.15. The average Bonchev–Trinajstić information content (AvgIpc) is 2.68. The molecule has 1 aromatic heterocycles. The SMILES string of the molecule is C=S(C)(=O)Nc1ccccc1Nc1nc(Nc2ccc(C(=O)O)c(F)c2F)ncc1Cl. The van der Waals surface area contributed by atoms with Gasteiger partial charge in [0, 0.05) is 16.0 Å². The summed E-state index contributed by atoms with van der Waals surface area (Å²) in [6, 6.07) is 8.78. The van der Waals surface area contributed by atoms with Gasteiger partial charge < -0.3 is 20.5 Å². The Morgan fingerprint density at radius 1 is 1.10 bits per heavy atom. The molecule has 0 fully saturated rings. The monoisotopic (exact) mass is 467 g/mol. The minimum absolute atomic E-state index is 0.125. The van der Waals surface area contributed by atoms with Crippen LogP contribution in [0.4, 0.5) is 37.6 Å². The number of aromatic nitrogens is 2. The van der Waals surface area contributed by atoms with Crippen LogP contribution in [-0.2, 0) is 9.71 Å². The van der Waals surface area contributed by atoms with Gasteiger partial charge in [-0.15, -0.1) is 0 Å². The van der Waals surface area contributed by atoms with Crippen LogP contribution in [0.15, 0.2) is 42.6 Å². The lowest BCUT2D eigenvalue weighted by molar-refractivity contribution is 0.0690. The first-order valence-electron chi connectivity index (χ1n) is 8.52. The first-order valence-corrected chi connectivity index (χ1v) is 11.0. The number of benzene rings is 2. The number of anilines is 5. The number of hydrogen-bond donors (Lipinski definition) is 4. The number of para-hydroxylation sites is 2. The third kappa shape index (κ3) is 5.38. The van der Waals surface area contributed by atoms with Crippen molar-refractivity contribution >= 4 is 62.0 Å². The van der Waals surface area contributed by atoms with E-state index in [9.17, 15) is 17.8 Å². The largest absolute Gasteiger partial charge is 0.478 e. The van der Waals surface area contributed by atoms with E-state index in [-0.39, 0.29) is 22.5 Å². The molecule has 0 radical (unpaired) electrons. The zero-order chi connectivity index (χ0) is 22.8. The van der Waals surface area contributed by atoms with Gasteiger partial charge in [0.25, 0.3) is 0 Å². The van der Waals surface area contributed by atoms with Gasteiger partial charge in [-0.3, -0.25) is 0 Å². The summed E-state index contributed by atoms with van der Waals surface area (Å²) in [5, 5.41) is 14.4. The van der Waals surface area contributed by atoms with Crippen molar-refractivity contribution in [2.45, 2.75) is 0 Å². The van der Waals surface area contributed by atoms with E-state index in [1.807, 2.05) is 0 Å². The van der Waals surface area contributed by atoms with Gasteiger partial charge in [-0.05, 0) is 30.1 Å². The highest BCUT2D eigenvalue weighted by atomic mass is 35.5. The fraction of sp³-hybridized carbons (Fsp3) is 0.0526. The Bertz CT molecular complexity index is 1270. The minimum atomic E-state index is -2.56. The number of aromatic carboxylic acids is 1. The van der Waals surface area contributed by atoms with Crippen molar-refractivity contribution in [3.8, 4) is 0 Å². The minimum Gasteiger partial charge on any atom is -0.478 e. The van der Waals surface area contributed by atoms with Crippen molar-refractivity contribution in [3.63, 3.8) is 0 Å². The van der Waals surface area contributed by atoms with Gasteiger partial charge in [-0.2, -0.15) is 4.98 Å². The van der Waals surface area contributed by atoms with Gasteiger partial charge in [-0.25, -0.2) is 22.8 Å². The van der Waals surface area contributed by atoms with Gasteiger partial charge in [0.2, 0.25) is 5.95 Å². The topological polar surface area (TPSA) is 116 Å². The lowest BCUT2D eigenvalue weighted by atomic mass is 10.2. The van der Waals surface area contributed by atoms with E-state index in [1.54, 1.807) is 24.3 Å². The molecule has 1 atom stereocenters. The smallest absolute Gasteiger partial charge is 0.338 e. The van der Waals surface area contributed by atoms with Gasteiger partial charge in [0.15, 0.2) is 17.5 Å². The standard InChI is InChI=1S/C19H16ClF2N5O3S/c1-31(2,30)27-13-6-4-3-5-12(13)24-17-11(20)9-23-19(26-17)25-14-8-7-10(18(28)29)15(21)16(14)22/h3-9H,1H2,2H3,(H,27,30)(H,28,29)(H2,23,24,25,26). The van der Waals surface area contributed by atoms with Crippen LogP contribution in [0.1, 0.15) is 10.4 Å². The number of nitrogens with zero attached hydrogens (tertiary/aromatic N) is 2. The molecule has 8 nitrogen and oxygen atoms in total. The molecule has 2 aromatic carbocycles. The zero-order valence-electron chi connectivity index (χ0n) is 15.9. The van der Waals surface area contributed by atoms with Gasteiger partial charge in [0.1, 0.15) is 5.02 Å². The molecule has 3 rings (SSSR count). The van der Waals surface area contributed by atoms with E-state index in [2.05, 4.69) is 31.2 Å². The van der Waals surface area contributed by atoms with Gasteiger partial charge in [-0.1, -0.05) is 23.7 Å². The van der Waals surface area contributed by atoms with Crippen LogP contribution in [0.5, 0.6) is 0 Å². The van der Waals surface area contributed by atoms with Crippen molar-refractivity contribution in [2.24, 2.45) is 0 Å². The maximum absolute atomic E-state index is 14.2. The second-order valence-corrected chi connectivity index (χ2v) is 9.01. The van der Waals surface area contributed by atoms with E-state index in [4.69, 9.17) is 16.7 Å². The van der Waals surface area contributed by atoms with Crippen LogP contribution in [0.2, 0.25) is 5.02 Å². The molecule has 1 heterocycles. The van der Waals surface area contributed by atoms with Gasteiger partial charge >= 0.3 is 5.97 Å². The molecule has 162 valence electrons. The maximum Gasteiger partial charge on any atom is 0.338 e. The van der Waals surface area contributed by atoms with E-state index in [0.29, 0.717) is 11.4 Å². The summed E-state index contributed by atoms with van der Waals surface area (Å²) in [6.07, 6.45) is 2.67. The normalized spacial score (nSPS) is 12.6. The fourth-order valence-electron chi connectivity index (χ4n) is 2.49. The van der Waals surface area contributed by atoms with E-state index < -0.39 is 32.9 Å². The number of halogens is 3. The summed E-state index contributed by atoms with van der Waals surface area (Å²) < 4.78 is 42.9. The molecule has 0 aliphatic carbocycles. The average molecular weight is 468 g/mol. The highest BCUT2D eigenvalue weighted by Crippen LogP contribution is 2.30. The molecule has 0 aliphatic heterocycles. The van der Waals surface area contributed by atoms with Crippen molar-refractivity contribution in [2.75, 3.05) is 21.6 Å². The molecule has 0 amide bonds. The van der Waals surface area contributed by atoms with Crippen molar-refractivity contribution in [1.29, 1.82) is 0 Å². The molecule has 3 aromatic rings. The predicted octanol–water partition coefficient (Wildman–Crippen LogP) is 4.27. The fourth-order valence-corrected chi connectivity index (χ4v) is 3.27. The molecule has 0 saturated carbocycles. The summed E-state index contributed by atoms with van der Waals surface area (Å²) in [5.74, 6) is -0.953. The summed E-state index contributed by atoms with van der Waals surface area (Å²) in [5.41, 5.74) is -0.202. The lowest BCUT2D eigenvalue weighted by Crippen LogP contribution is -2.11. The Balaban J connectivity index is 1.91. The molecule has 0 spiro atoms. The predicted molar refractivity (Wildman–Crippen MR) is 118 cm³/mol. The van der Waals surface area contributed by atoms with E-state index >= 15 is 0 Å². The second-order valence-electron chi connectivity index (χ2n) is 6.39. The Kier molecular flexibility index (Phi) is 6.27. The molecule has 0 bridgehead atoms. The number of rotatable bonds is 7. The number of carboxylic acid groups (broad SMARTS) is 1. The molecule has 1 unspecified atom stereocenters.